The zero-order valence-corrected chi connectivity index (χ0v) is 9.36. The zero-order chi connectivity index (χ0) is 12.7. The average Bonchev–Trinajstić information content (AvgIpc) is 2.86. The first-order chi connectivity index (χ1) is 8.08. The standard InChI is InChI=1S/C12H12N4O/c13-6-11(7-14)10(4-2-1-3-5-10)12(11,8-15)9(16)17/h1-5H2,(H2,16,17)/t12-/m1/s1. The molecular formula is C12H12N4O. The number of hydrogen-bond donors (Lipinski definition) is 1. The molecule has 2 fully saturated rings. The van der Waals surface area contributed by atoms with E-state index in [1.54, 1.807) is 0 Å². The van der Waals surface area contributed by atoms with Gasteiger partial charge in [-0.15, -0.1) is 0 Å². The van der Waals surface area contributed by atoms with Gasteiger partial charge >= 0.3 is 0 Å². The molecule has 0 radical (unpaired) electrons. The Morgan fingerprint density at radius 2 is 1.53 bits per heavy atom. The van der Waals surface area contributed by atoms with E-state index < -0.39 is 22.2 Å². The molecule has 5 nitrogen and oxygen atoms in total. The van der Waals surface area contributed by atoms with Crippen LogP contribution < -0.4 is 5.73 Å². The lowest BCUT2D eigenvalue weighted by Gasteiger charge is -2.23. The Kier molecular flexibility index (Phi) is 2.16. The van der Waals surface area contributed by atoms with Gasteiger partial charge in [0.15, 0.2) is 10.8 Å². The third-order valence-electron chi connectivity index (χ3n) is 4.52. The second-order valence-electron chi connectivity index (χ2n) is 4.84. The molecule has 0 bridgehead atoms. The topological polar surface area (TPSA) is 114 Å². The third kappa shape index (κ3) is 0.865. The molecule has 2 saturated carbocycles. The highest BCUT2D eigenvalue weighted by Gasteiger charge is 2.92. The van der Waals surface area contributed by atoms with Crippen LogP contribution in [0.1, 0.15) is 32.1 Å². The van der Waals surface area contributed by atoms with E-state index in [0.29, 0.717) is 12.8 Å². The summed E-state index contributed by atoms with van der Waals surface area (Å²) in [5, 5.41) is 27.8. The van der Waals surface area contributed by atoms with E-state index in [4.69, 9.17) is 5.73 Å². The summed E-state index contributed by atoms with van der Waals surface area (Å²) in [6, 6.07) is 5.69. The number of nitriles is 3. The lowest BCUT2D eigenvalue weighted by atomic mass is 9.78. The number of amides is 1. The number of hydrogen-bond acceptors (Lipinski definition) is 4. The van der Waals surface area contributed by atoms with E-state index in [-0.39, 0.29) is 0 Å². The van der Waals surface area contributed by atoms with Gasteiger partial charge in [-0.25, -0.2) is 0 Å². The molecule has 0 aliphatic heterocycles. The Hall–Kier alpha value is -2.06. The maximum Gasteiger partial charge on any atom is 0.241 e. The van der Waals surface area contributed by atoms with Gasteiger partial charge in [0.1, 0.15) is 0 Å². The summed E-state index contributed by atoms with van der Waals surface area (Å²) in [6.45, 7) is 0. The normalized spacial score (nSPS) is 31.8. The minimum Gasteiger partial charge on any atom is -0.368 e. The van der Waals surface area contributed by atoms with Crippen molar-refractivity contribution in [3.05, 3.63) is 0 Å². The van der Waals surface area contributed by atoms with Crippen LogP contribution in [0.15, 0.2) is 0 Å². The predicted molar refractivity (Wildman–Crippen MR) is 56.4 cm³/mol. The van der Waals surface area contributed by atoms with Gasteiger partial charge < -0.3 is 5.73 Å². The maximum atomic E-state index is 11.6. The molecular weight excluding hydrogens is 216 g/mol. The van der Waals surface area contributed by atoms with Crippen molar-refractivity contribution >= 4 is 5.91 Å². The molecule has 0 unspecified atom stereocenters. The van der Waals surface area contributed by atoms with Gasteiger partial charge in [0.05, 0.1) is 18.2 Å². The van der Waals surface area contributed by atoms with Crippen molar-refractivity contribution in [3.8, 4) is 18.2 Å². The number of rotatable bonds is 1. The van der Waals surface area contributed by atoms with Gasteiger partial charge in [0, 0.05) is 5.41 Å². The minimum atomic E-state index is -1.61. The van der Waals surface area contributed by atoms with Crippen LogP contribution in [-0.2, 0) is 4.79 Å². The monoisotopic (exact) mass is 228 g/mol. The molecule has 0 aromatic carbocycles. The highest BCUT2D eigenvalue weighted by molar-refractivity contribution is 5.93. The summed E-state index contributed by atoms with van der Waals surface area (Å²) in [4.78, 5) is 11.6. The highest BCUT2D eigenvalue weighted by Crippen LogP contribution is 2.82. The van der Waals surface area contributed by atoms with Crippen molar-refractivity contribution in [2.45, 2.75) is 32.1 Å². The van der Waals surface area contributed by atoms with Crippen LogP contribution in [0.3, 0.4) is 0 Å². The first-order valence-corrected chi connectivity index (χ1v) is 5.62. The van der Waals surface area contributed by atoms with Crippen LogP contribution in [0.25, 0.3) is 0 Å². The Bertz CT molecular complexity index is 484. The number of nitrogens with two attached hydrogens (primary N) is 1. The van der Waals surface area contributed by atoms with Crippen molar-refractivity contribution in [3.63, 3.8) is 0 Å². The summed E-state index contributed by atoms with van der Waals surface area (Å²) < 4.78 is 0. The zero-order valence-electron chi connectivity index (χ0n) is 9.36. The van der Waals surface area contributed by atoms with Crippen LogP contribution in [0.5, 0.6) is 0 Å². The van der Waals surface area contributed by atoms with E-state index in [9.17, 15) is 20.6 Å². The fourth-order valence-corrected chi connectivity index (χ4v) is 3.67. The Morgan fingerprint density at radius 3 is 1.82 bits per heavy atom. The molecule has 0 heterocycles. The lowest BCUT2D eigenvalue weighted by molar-refractivity contribution is -0.122. The second kappa shape index (κ2) is 3.22. The summed E-state index contributed by atoms with van der Waals surface area (Å²) in [7, 11) is 0. The summed E-state index contributed by atoms with van der Waals surface area (Å²) in [5.74, 6) is -0.829. The highest BCUT2D eigenvalue weighted by atomic mass is 16.1. The molecule has 0 aromatic heterocycles. The molecule has 2 rings (SSSR count). The summed E-state index contributed by atoms with van der Waals surface area (Å²) in [6.07, 6.45) is 3.80. The summed E-state index contributed by atoms with van der Waals surface area (Å²) >= 11 is 0. The van der Waals surface area contributed by atoms with Gasteiger partial charge in [-0.1, -0.05) is 19.3 Å². The molecule has 1 amide bonds. The Balaban J connectivity index is 2.62. The molecule has 2 aliphatic carbocycles. The van der Waals surface area contributed by atoms with E-state index in [1.807, 2.05) is 18.2 Å². The quantitative estimate of drug-likeness (QED) is 0.720. The number of carbonyl (C=O) groups is 1. The maximum absolute atomic E-state index is 11.6. The predicted octanol–water partition coefficient (Wildman–Crippen LogP) is 0.979. The SMILES string of the molecule is N#CC1(C#N)C2(CCCCC2)[C@@]1(C#N)C(N)=O. The average molecular weight is 228 g/mol. The van der Waals surface area contributed by atoms with Gasteiger partial charge in [-0.05, 0) is 12.8 Å². The molecule has 0 aromatic rings. The molecule has 1 spiro atoms. The van der Waals surface area contributed by atoms with Crippen LogP contribution in [0.4, 0.5) is 0 Å². The van der Waals surface area contributed by atoms with E-state index in [0.717, 1.165) is 19.3 Å². The van der Waals surface area contributed by atoms with Crippen LogP contribution in [0, 0.1) is 50.2 Å². The lowest BCUT2D eigenvalue weighted by Crippen LogP contribution is -2.31. The minimum absolute atomic E-state index is 0.560. The van der Waals surface area contributed by atoms with Crippen LogP contribution >= 0.6 is 0 Å². The van der Waals surface area contributed by atoms with Crippen molar-refractivity contribution in [1.29, 1.82) is 15.8 Å². The third-order valence-corrected chi connectivity index (χ3v) is 4.52. The largest absolute Gasteiger partial charge is 0.368 e. The van der Waals surface area contributed by atoms with Crippen LogP contribution in [0.2, 0.25) is 0 Å². The fourth-order valence-electron chi connectivity index (χ4n) is 3.67. The molecule has 2 N–H and O–H groups in total. The second-order valence-corrected chi connectivity index (χ2v) is 4.84. The molecule has 1 atom stereocenters. The molecule has 5 heteroatoms. The number of nitrogens with zero attached hydrogens (tertiary/aromatic N) is 3. The van der Waals surface area contributed by atoms with Gasteiger partial charge in [0.25, 0.3) is 0 Å². The van der Waals surface area contributed by atoms with E-state index >= 15 is 0 Å². The molecule has 86 valence electrons. The van der Waals surface area contributed by atoms with Gasteiger partial charge in [0.2, 0.25) is 5.91 Å². The summed E-state index contributed by atoms with van der Waals surface area (Å²) in [5.41, 5.74) is 1.33. The molecule has 0 saturated heterocycles. The fraction of sp³-hybridized carbons (Fsp3) is 0.667. The van der Waals surface area contributed by atoms with Crippen molar-refractivity contribution in [2.24, 2.45) is 22.0 Å². The first-order valence-electron chi connectivity index (χ1n) is 5.62. The van der Waals surface area contributed by atoms with Gasteiger partial charge in [-0.3, -0.25) is 4.79 Å². The Labute approximate surface area is 99.4 Å². The first kappa shape index (κ1) is 11.4. The van der Waals surface area contributed by atoms with E-state index in [1.165, 1.54) is 0 Å². The Morgan fingerprint density at radius 1 is 1.00 bits per heavy atom. The number of primary amides is 1. The van der Waals surface area contributed by atoms with E-state index in [2.05, 4.69) is 0 Å². The van der Waals surface area contributed by atoms with Crippen molar-refractivity contribution in [2.75, 3.05) is 0 Å². The number of carbonyl (C=O) groups excluding carboxylic acids is 1. The van der Waals surface area contributed by atoms with Crippen molar-refractivity contribution in [1.82, 2.24) is 0 Å². The van der Waals surface area contributed by atoms with Crippen molar-refractivity contribution < 1.29 is 4.79 Å². The smallest absolute Gasteiger partial charge is 0.241 e. The van der Waals surface area contributed by atoms with Gasteiger partial charge in [-0.2, -0.15) is 15.8 Å². The van der Waals surface area contributed by atoms with Crippen LogP contribution in [-0.4, -0.2) is 5.91 Å². The molecule has 17 heavy (non-hydrogen) atoms. The molecule has 2 aliphatic rings.